The molecule has 0 unspecified atom stereocenters. The Labute approximate surface area is 95.0 Å². The number of nitriles is 1. The zero-order valence-electron chi connectivity index (χ0n) is 9.44. The predicted octanol–water partition coefficient (Wildman–Crippen LogP) is 0.954. The Bertz CT molecular complexity index is 270. The highest BCUT2D eigenvalue weighted by atomic mass is 16.5. The van der Waals surface area contributed by atoms with E-state index in [-0.39, 0.29) is 19.3 Å². The SMILES string of the molecule is CCCCOC(=O)CC(=O)C[C@H](O)CC#N. The van der Waals surface area contributed by atoms with Gasteiger partial charge in [-0.1, -0.05) is 13.3 Å². The standard InChI is InChI=1S/C11H17NO4/c1-2-3-6-16-11(15)8-10(14)7-9(13)4-5-12/h9,13H,2-4,6-8H2,1H3/t9-/m1/s1. The van der Waals surface area contributed by atoms with Crippen LogP contribution in [0.15, 0.2) is 0 Å². The Morgan fingerprint density at radius 2 is 2.19 bits per heavy atom. The van der Waals surface area contributed by atoms with Gasteiger partial charge in [-0.2, -0.15) is 5.26 Å². The monoisotopic (exact) mass is 227 g/mol. The first-order chi connectivity index (χ1) is 7.60. The fourth-order valence-electron chi connectivity index (χ4n) is 1.05. The lowest BCUT2D eigenvalue weighted by Crippen LogP contribution is -2.17. The number of carbonyl (C=O) groups is 2. The van der Waals surface area contributed by atoms with Gasteiger partial charge in [-0.05, 0) is 6.42 Å². The quantitative estimate of drug-likeness (QED) is 0.379. The smallest absolute Gasteiger partial charge is 0.313 e. The summed E-state index contributed by atoms with van der Waals surface area (Å²) >= 11 is 0. The Hall–Kier alpha value is -1.41. The Morgan fingerprint density at radius 3 is 2.75 bits per heavy atom. The average molecular weight is 227 g/mol. The van der Waals surface area contributed by atoms with Crippen LogP contribution in [0.2, 0.25) is 0 Å². The van der Waals surface area contributed by atoms with E-state index < -0.39 is 17.9 Å². The predicted molar refractivity (Wildman–Crippen MR) is 56.3 cm³/mol. The van der Waals surface area contributed by atoms with Crippen molar-refractivity contribution in [2.24, 2.45) is 0 Å². The van der Waals surface area contributed by atoms with Gasteiger partial charge in [0.05, 0.1) is 25.2 Å². The molecule has 1 N–H and O–H groups in total. The number of hydrogen-bond donors (Lipinski definition) is 1. The highest BCUT2D eigenvalue weighted by Gasteiger charge is 2.14. The summed E-state index contributed by atoms with van der Waals surface area (Å²) in [7, 11) is 0. The van der Waals surface area contributed by atoms with Crippen LogP contribution >= 0.6 is 0 Å². The number of esters is 1. The van der Waals surface area contributed by atoms with Gasteiger partial charge in [0.1, 0.15) is 12.2 Å². The van der Waals surface area contributed by atoms with Gasteiger partial charge in [0.2, 0.25) is 0 Å². The van der Waals surface area contributed by atoms with Crippen LogP contribution in [0.3, 0.4) is 0 Å². The average Bonchev–Trinajstić information content (AvgIpc) is 2.17. The van der Waals surface area contributed by atoms with Crippen LogP contribution in [-0.4, -0.2) is 29.6 Å². The van der Waals surface area contributed by atoms with Crippen LogP contribution < -0.4 is 0 Å². The highest BCUT2D eigenvalue weighted by Crippen LogP contribution is 2.02. The van der Waals surface area contributed by atoms with Crippen molar-refractivity contribution in [2.75, 3.05) is 6.61 Å². The number of unbranched alkanes of at least 4 members (excludes halogenated alkanes) is 1. The molecule has 90 valence electrons. The van der Waals surface area contributed by atoms with E-state index in [1.54, 1.807) is 6.07 Å². The van der Waals surface area contributed by atoms with Crippen LogP contribution in [0.25, 0.3) is 0 Å². The molecule has 0 aliphatic carbocycles. The largest absolute Gasteiger partial charge is 0.465 e. The third kappa shape index (κ3) is 7.94. The molecule has 0 aliphatic heterocycles. The lowest BCUT2D eigenvalue weighted by Gasteiger charge is -2.05. The van der Waals surface area contributed by atoms with Crippen LogP contribution in [0.4, 0.5) is 0 Å². The minimum Gasteiger partial charge on any atom is -0.465 e. The minimum absolute atomic E-state index is 0.101. The summed E-state index contributed by atoms with van der Waals surface area (Å²) < 4.78 is 4.79. The van der Waals surface area contributed by atoms with Gasteiger partial charge in [-0.25, -0.2) is 0 Å². The fourth-order valence-corrected chi connectivity index (χ4v) is 1.05. The maximum absolute atomic E-state index is 11.2. The Kier molecular flexibility index (Phi) is 8.08. The molecule has 0 aromatic rings. The molecule has 0 bridgehead atoms. The molecule has 0 aromatic carbocycles. The first-order valence-corrected chi connectivity index (χ1v) is 5.32. The molecule has 0 aliphatic rings. The maximum Gasteiger partial charge on any atom is 0.313 e. The molecule has 0 fully saturated rings. The molecule has 0 saturated heterocycles. The number of aliphatic hydroxyl groups is 1. The van der Waals surface area contributed by atoms with Crippen molar-refractivity contribution < 1.29 is 19.4 Å². The molecule has 0 aromatic heterocycles. The van der Waals surface area contributed by atoms with Gasteiger partial charge in [0.15, 0.2) is 0 Å². The van der Waals surface area contributed by atoms with Crippen molar-refractivity contribution in [3.05, 3.63) is 0 Å². The first-order valence-electron chi connectivity index (χ1n) is 5.32. The lowest BCUT2D eigenvalue weighted by atomic mass is 10.1. The van der Waals surface area contributed by atoms with Gasteiger partial charge in [0, 0.05) is 6.42 Å². The summed E-state index contributed by atoms with van der Waals surface area (Å²) in [6.45, 7) is 2.29. The number of aliphatic hydroxyl groups excluding tert-OH is 1. The third-order valence-electron chi connectivity index (χ3n) is 1.89. The van der Waals surface area contributed by atoms with Crippen LogP contribution in [-0.2, 0) is 14.3 Å². The Morgan fingerprint density at radius 1 is 1.50 bits per heavy atom. The first kappa shape index (κ1) is 14.6. The molecule has 16 heavy (non-hydrogen) atoms. The van der Waals surface area contributed by atoms with Gasteiger partial charge in [-0.3, -0.25) is 9.59 Å². The number of nitrogens with zero attached hydrogens (tertiary/aromatic N) is 1. The highest BCUT2D eigenvalue weighted by molar-refractivity contribution is 5.95. The van der Waals surface area contributed by atoms with Crippen LogP contribution in [0.1, 0.15) is 39.0 Å². The van der Waals surface area contributed by atoms with Crippen molar-refractivity contribution in [2.45, 2.75) is 45.1 Å². The number of carbonyl (C=O) groups excluding carboxylic acids is 2. The van der Waals surface area contributed by atoms with Gasteiger partial charge in [0.25, 0.3) is 0 Å². The normalized spacial score (nSPS) is 11.6. The summed E-state index contributed by atoms with van der Waals surface area (Å²) in [6, 6.07) is 1.75. The van der Waals surface area contributed by atoms with Gasteiger partial charge in [-0.15, -0.1) is 0 Å². The van der Waals surface area contributed by atoms with E-state index in [1.807, 2.05) is 6.92 Å². The summed E-state index contributed by atoms with van der Waals surface area (Å²) in [4.78, 5) is 22.3. The second-order valence-electron chi connectivity index (χ2n) is 3.51. The molecule has 0 spiro atoms. The van der Waals surface area contributed by atoms with E-state index in [4.69, 9.17) is 15.1 Å². The van der Waals surface area contributed by atoms with Gasteiger partial charge < -0.3 is 9.84 Å². The second kappa shape index (κ2) is 8.86. The summed E-state index contributed by atoms with van der Waals surface area (Å²) in [5.41, 5.74) is 0. The van der Waals surface area contributed by atoms with E-state index in [2.05, 4.69) is 0 Å². The van der Waals surface area contributed by atoms with Crippen molar-refractivity contribution in [3.8, 4) is 6.07 Å². The number of ketones is 1. The zero-order chi connectivity index (χ0) is 12.4. The van der Waals surface area contributed by atoms with E-state index in [0.29, 0.717) is 6.61 Å². The summed E-state index contributed by atoms with van der Waals surface area (Å²) in [6.07, 6.45) is 0.110. The van der Waals surface area contributed by atoms with Gasteiger partial charge >= 0.3 is 5.97 Å². The third-order valence-corrected chi connectivity index (χ3v) is 1.89. The molecular weight excluding hydrogens is 210 g/mol. The molecular formula is C11H17NO4. The molecule has 0 radical (unpaired) electrons. The van der Waals surface area contributed by atoms with E-state index in [9.17, 15) is 9.59 Å². The molecule has 5 nitrogen and oxygen atoms in total. The number of rotatable bonds is 8. The number of hydrogen-bond acceptors (Lipinski definition) is 5. The van der Waals surface area contributed by atoms with Crippen molar-refractivity contribution in [3.63, 3.8) is 0 Å². The second-order valence-corrected chi connectivity index (χ2v) is 3.51. The summed E-state index contributed by atoms with van der Waals surface area (Å²) in [5, 5.41) is 17.4. The van der Waals surface area contributed by atoms with Crippen molar-refractivity contribution in [1.82, 2.24) is 0 Å². The zero-order valence-corrected chi connectivity index (χ0v) is 9.44. The lowest BCUT2D eigenvalue weighted by molar-refractivity contribution is -0.146. The molecule has 0 saturated carbocycles. The fraction of sp³-hybridized carbons (Fsp3) is 0.727. The van der Waals surface area contributed by atoms with E-state index in [0.717, 1.165) is 12.8 Å². The van der Waals surface area contributed by atoms with E-state index >= 15 is 0 Å². The van der Waals surface area contributed by atoms with Crippen LogP contribution in [0, 0.1) is 11.3 Å². The molecule has 5 heteroatoms. The molecule has 1 atom stereocenters. The number of ether oxygens (including phenoxy) is 1. The van der Waals surface area contributed by atoms with Crippen molar-refractivity contribution >= 4 is 11.8 Å². The van der Waals surface area contributed by atoms with Crippen LogP contribution in [0.5, 0.6) is 0 Å². The van der Waals surface area contributed by atoms with Crippen molar-refractivity contribution in [1.29, 1.82) is 5.26 Å². The Balaban J connectivity index is 3.70. The van der Waals surface area contributed by atoms with E-state index in [1.165, 1.54) is 0 Å². The molecule has 0 rings (SSSR count). The minimum atomic E-state index is -0.985. The number of Topliss-reactive ketones (excluding diaryl/α,β-unsaturated/α-hetero) is 1. The summed E-state index contributed by atoms with van der Waals surface area (Å²) in [5.74, 6) is -0.966. The molecule has 0 heterocycles. The molecule has 0 amide bonds. The maximum atomic E-state index is 11.2. The topological polar surface area (TPSA) is 87.4 Å².